The van der Waals surface area contributed by atoms with Gasteiger partial charge in [0, 0.05) is 6.54 Å². The Hall–Kier alpha value is -1.02. The lowest BCUT2D eigenvalue weighted by atomic mass is 10.1. The Balaban J connectivity index is 1.94. The van der Waals surface area contributed by atoms with Gasteiger partial charge in [0.2, 0.25) is 0 Å². The molecule has 0 spiro atoms. The van der Waals surface area contributed by atoms with Crippen molar-refractivity contribution in [2.45, 2.75) is 47.1 Å². The largest absolute Gasteiger partial charge is 0.493 e. The maximum absolute atomic E-state index is 5.97. The van der Waals surface area contributed by atoms with E-state index in [0.29, 0.717) is 5.92 Å². The topological polar surface area (TPSA) is 21.3 Å². The van der Waals surface area contributed by atoms with E-state index >= 15 is 0 Å². The highest BCUT2D eigenvalue weighted by atomic mass is 16.5. The summed E-state index contributed by atoms with van der Waals surface area (Å²) >= 11 is 0. The van der Waals surface area contributed by atoms with Gasteiger partial charge in [0.25, 0.3) is 0 Å². The van der Waals surface area contributed by atoms with Crippen molar-refractivity contribution >= 4 is 0 Å². The Morgan fingerprint density at radius 3 is 2.37 bits per heavy atom. The number of rotatable bonds is 7. The van der Waals surface area contributed by atoms with Gasteiger partial charge < -0.3 is 10.1 Å². The Kier molecular flexibility index (Phi) is 4.87. The molecule has 1 aliphatic rings. The van der Waals surface area contributed by atoms with Crippen LogP contribution in [0.25, 0.3) is 0 Å². The first-order valence-corrected chi connectivity index (χ1v) is 7.50. The van der Waals surface area contributed by atoms with Crippen LogP contribution in [-0.4, -0.2) is 13.2 Å². The molecule has 1 fully saturated rings. The molecule has 0 amide bonds. The van der Waals surface area contributed by atoms with E-state index in [0.717, 1.165) is 31.4 Å². The number of benzene rings is 1. The Morgan fingerprint density at radius 2 is 1.84 bits per heavy atom. The van der Waals surface area contributed by atoms with Crippen LogP contribution in [0.2, 0.25) is 0 Å². The van der Waals surface area contributed by atoms with Crippen LogP contribution in [-0.2, 0) is 6.54 Å². The lowest BCUT2D eigenvalue weighted by Gasteiger charge is -2.15. The predicted octanol–water partition coefficient (Wildman–Crippen LogP) is 3.84. The fraction of sp³-hybridized carbons (Fsp3) is 0.647. The summed E-state index contributed by atoms with van der Waals surface area (Å²) in [6.07, 6.45) is 2.69. The van der Waals surface area contributed by atoms with Crippen molar-refractivity contribution in [1.29, 1.82) is 0 Å². The van der Waals surface area contributed by atoms with Crippen molar-refractivity contribution in [2.24, 2.45) is 11.8 Å². The van der Waals surface area contributed by atoms with Crippen LogP contribution in [0.5, 0.6) is 5.75 Å². The SMILES string of the molecule is Cc1cc(CNCC(C)C)cc(C)c1OCC1CC1. The fourth-order valence-corrected chi connectivity index (χ4v) is 2.36. The van der Waals surface area contributed by atoms with Crippen LogP contribution < -0.4 is 10.1 Å². The minimum atomic E-state index is 0.698. The average molecular weight is 261 g/mol. The minimum absolute atomic E-state index is 0.698. The summed E-state index contributed by atoms with van der Waals surface area (Å²) in [4.78, 5) is 0. The van der Waals surface area contributed by atoms with Gasteiger partial charge in [-0.3, -0.25) is 0 Å². The van der Waals surface area contributed by atoms with E-state index in [1.54, 1.807) is 0 Å². The molecule has 2 heteroatoms. The fourth-order valence-electron chi connectivity index (χ4n) is 2.36. The second-order valence-electron chi connectivity index (χ2n) is 6.34. The second-order valence-corrected chi connectivity index (χ2v) is 6.34. The zero-order valence-corrected chi connectivity index (χ0v) is 12.8. The molecule has 0 radical (unpaired) electrons. The van der Waals surface area contributed by atoms with Crippen LogP contribution in [0.3, 0.4) is 0 Å². The first-order chi connectivity index (χ1) is 9.06. The summed E-state index contributed by atoms with van der Waals surface area (Å²) in [7, 11) is 0. The number of nitrogens with one attached hydrogen (secondary N) is 1. The van der Waals surface area contributed by atoms with E-state index in [2.05, 4.69) is 45.1 Å². The molecule has 106 valence electrons. The normalized spacial score (nSPS) is 15.0. The van der Waals surface area contributed by atoms with E-state index in [4.69, 9.17) is 4.74 Å². The highest BCUT2D eigenvalue weighted by molar-refractivity contribution is 5.43. The average Bonchev–Trinajstić information content (AvgIpc) is 3.11. The predicted molar refractivity (Wildman–Crippen MR) is 80.7 cm³/mol. The van der Waals surface area contributed by atoms with Gasteiger partial charge in [0.15, 0.2) is 0 Å². The van der Waals surface area contributed by atoms with E-state index in [1.165, 1.54) is 29.5 Å². The molecule has 2 rings (SSSR count). The quantitative estimate of drug-likeness (QED) is 0.805. The van der Waals surface area contributed by atoms with Gasteiger partial charge >= 0.3 is 0 Å². The summed E-state index contributed by atoms with van der Waals surface area (Å²) in [5, 5.41) is 3.49. The smallest absolute Gasteiger partial charge is 0.125 e. The molecule has 2 nitrogen and oxygen atoms in total. The first-order valence-electron chi connectivity index (χ1n) is 7.50. The third kappa shape index (κ3) is 4.54. The van der Waals surface area contributed by atoms with Gasteiger partial charge in [-0.25, -0.2) is 0 Å². The van der Waals surface area contributed by atoms with Crippen LogP contribution in [0, 0.1) is 25.7 Å². The summed E-state index contributed by atoms with van der Waals surface area (Å²) in [5.74, 6) is 2.61. The summed E-state index contributed by atoms with van der Waals surface area (Å²) in [6.45, 7) is 11.7. The summed E-state index contributed by atoms with van der Waals surface area (Å²) in [5.41, 5.74) is 3.89. The van der Waals surface area contributed by atoms with Gasteiger partial charge in [0.05, 0.1) is 6.61 Å². The third-order valence-corrected chi connectivity index (χ3v) is 3.56. The standard InChI is InChI=1S/C17H27NO/c1-12(2)9-18-10-16-7-13(3)17(14(4)8-16)19-11-15-5-6-15/h7-8,12,15,18H,5-6,9-11H2,1-4H3. The lowest BCUT2D eigenvalue weighted by Crippen LogP contribution is -2.19. The third-order valence-electron chi connectivity index (χ3n) is 3.56. The number of hydrogen-bond donors (Lipinski definition) is 1. The molecular weight excluding hydrogens is 234 g/mol. The van der Waals surface area contributed by atoms with Crippen LogP contribution in [0.15, 0.2) is 12.1 Å². The molecular formula is C17H27NO. The molecule has 0 atom stereocenters. The molecule has 0 bridgehead atoms. The number of hydrogen-bond acceptors (Lipinski definition) is 2. The maximum atomic E-state index is 5.97. The van der Waals surface area contributed by atoms with Gasteiger partial charge in [-0.2, -0.15) is 0 Å². The molecule has 0 unspecified atom stereocenters. The monoisotopic (exact) mass is 261 g/mol. The van der Waals surface area contributed by atoms with Gasteiger partial charge in [-0.15, -0.1) is 0 Å². The number of aryl methyl sites for hydroxylation is 2. The van der Waals surface area contributed by atoms with Crippen LogP contribution in [0.1, 0.15) is 43.4 Å². The molecule has 1 saturated carbocycles. The van der Waals surface area contributed by atoms with Crippen molar-refractivity contribution in [3.8, 4) is 5.75 Å². The lowest BCUT2D eigenvalue weighted by molar-refractivity contribution is 0.296. The maximum Gasteiger partial charge on any atom is 0.125 e. The van der Waals surface area contributed by atoms with E-state index in [9.17, 15) is 0 Å². The van der Waals surface area contributed by atoms with E-state index in [-0.39, 0.29) is 0 Å². The molecule has 0 heterocycles. The molecule has 1 aromatic carbocycles. The Morgan fingerprint density at radius 1 is 1.21 bits per heavy atom. The van der Waals surface area contributed by atoms with Gasteiger partial charge in [0.1, 0.15) is 5.75 Å². The zero-order valence-electron chi connectivity index (χ0n) is 12.8. The van der Waals surface area contributed by atoms with Gasteiger partial charge in [-0.1, -0.05) is 26.0 Å². The molecule has 0 saturated heterocycles. The zero-order chi connectivity index (χ0) is 13.8. The van der Waals surface area contributed by atoms with Crippen molar-refractivity contribution in [3.63, 3.8) is 0 Å². The Bertz CT molecular complexity index is 398. The van der Waals surface area contributed by atoms with E-state index < -0.39 is 0 Å². The van der Waals surface area contributed by atoms with Crippen LogP contribution >= 0.6 is 0 Å². The highest BCUT2D eigenvalue weighted by Gasteiger charge is 2.22. The highest BCUT2D eigenvalue weighted by Crippen LogP contribution is 2.31. The Labute approximate surface area is 117 Å². The molecule has 0 aliphatic heterocycles. The summed E-state index contributed by atoms with van der Waals surface area (Å²) < 4.78 is 5.97. The first kappa shape index (κ1) is 14.4. The molecule has 1 N–H and O–H groups in total. The van der Waals surface area contributed by atoms with Crippen molar-refractivity contribution in [2.75, 3.05) is 13.2 Å². The molecule has 19 heavy (non-hydrogen) atoms. The van der Waals surface area contributed by atoms with Crippen molar-refractivity contribution in [3.05, 3.63) is 28.8 Å². The molecule has 1 aliphatic carbocycles. The van der Waals surface area contributed by atoms with Crippen molar-refractivity contribution < 1.29 is 4.74 Å². The van der Waals surface area contributed by atoms with E-state index in [1.807, 2.05) is 0 Å². The number of ether oxygens (including phenoxy) is 1. The second kappa shape index (κ2) is 6.42. The molecule has 0 aromatic heterocycles. The van der Waals surface area contributed by atoms with Crippen LogP contribution in [0.4, 0.5) is 0 Å². The molecule has 1 aromatic rings. The van der Waals surface area contributed by atoms with Gasteiger partial charge in [-0.05, 0) is 61.8 Å². The van der Waals surface area contributed by atoms with Crippen molar-refractivity contribution in [1.82, 2.24) is 5.32 Å². The minimum Gasteiger partial charge on any atom is -0.493 e. The summed E-state index contributed by atoms with van der Waals surface area (Å²) in [6, 6.07) is 4.51.